The Bertz CT molecular complexity index is 561. The average molecular weight is 289 g/mol. The first kappa shape index (κ1) is 13.9. The van der Waals surface area contributed by atoms with Crippen LogP contribution in [0.3, 0.4) is 0 Å². The van der Waals surface area contributed by atoms with E-state index in [1.54, 1.807) is 11.9 Å². The van der Waals surface area contributed by atoms with Gasteiger partial charge in [0.1, 0.15) is 12.1 Å². The van der Waals surface area contributed by atoms with E-state index in [4.69, 9.17) is 4.74 Å². The van der Waals surface area contributed by atoms with Gasteiger partial charge in [0.25, 0.3) is 0 Å². The first-order valence-electron chi connectivity index (χ1n) is 7.14. The van der Waals surface area contributed by atoms with E-state index in [0.717, 1.165) is 12.0 Å². The van der Waals surface area contributed by atoms with Crippen molar-refractivity contribution in [2.24, 2.45) is 0 Å². The van der Waals surface area contributed by atoms with Gasteiger partial charge in [0.05, 0.1) is 13.2 Å². The van der Waals surface area contributed by atoms with Crippen molar-refractivity contribution in [3.05, 3.63) is 35.4 Å². The van der Waals surface area contributed by atoms with Gasteiger partial charge in [0.15, 0.2) is 0 Å². The number of hydrogen-bond donors (Lipinski definition) is 2. The topological polar surface area (TPSA) is 70.7 Å². The second-order valence-electron chi connectivity index (χ2n) is 5.43. The lowest BCUT2D eigenvalue weighted by molar-refractivity contribution is -0.133. The van der Waals surface area contributed by atoms with Crippen LogP contribution < -0.4 is 10.6 Å². The quantitative estimate of drug-likeness (QED) is 0.848. The maximum Gasteiger partial charge on any atom is 0.315 e. The van der Waals surface area contributed by atoms with Gasteiger partial charge in [-0.15, -0.1) is 0 Å². The molecule has 2 heterocycles. The molecule has 2 aliphatic heterocycles. The van der Waals surface area contributed by atoms with Crippen molar-refractivity contribution >= 4 is 11.9 Å². The summed E-state index contributed by atoms with van der Waals surface area (Å²) in [5.74, 6) is -0.0972. The van der Waals surface area contributed by atoms with Crippen LogP contribution in [0.2, 0.25) is 0 Å². The van der Waals surface area contributed by atoms with E-state index in [1.807, 2.05) is 12.1 Å². The third-order valence-electron chi connectivity index (χ3n) is 3.98. The molecule has 0 aliphatic carbocycles. The van der Waals surface area contributed by atoms with Gasteiger partial charge in [-0.05, 0) is 17.5 Å². The molecule has 2 aliphatic rings. The number of ether oxygens (including phenoxy) is 1. The molecule has 1 aromatic carbocycles. The minimum absolute atomic E-state index is 0.0972. The third-order valence-corrected chi connectivity index (χ3v) is 3.98. The lowest BCUT2D eigenvalue weighted by Crippen LogP contribution is -2.45. The zero-order chi connectivity index (χ0) is 14.8. The summed E-state index contributed by atoms with van der Waals surface area (Å²) in [6.07, 6.45) is 0.807. The number of amides is 3. The SMILES string of the molecule is CN(C[C@@H]1OCCc2ccccc21)C(=O)[C@H]1CNC(=O)N1. The summed E-state index contributed by atoms with van der Waals surface area (Å²) in [6.45, 7) is 1.50. The van der Waals surface area contributed by atoms with E-state index in [2.05, 4.69) is 22.8 Å². The van der Waals surface area contributed by atoms with E-state index in [-0.39, 0.29) is 18.0 Å². The van der Waals surface area contributed by atoms with Crippen LogP contribution in [0.4, 0.5) is 4.79 Å². The van der Waals surface area contributed by atoms with Crippen LogP contribution in [-0.2, 0) is 16.0 Å². The molecule has 1 saturated heterocycles. The van der Waals surface area contributed by atoms with Gasteiger partial charge >= 0.3 is 6.03 Å². The zero-order valence-electron chi connectivity index (χ0n) is 12.0. The van der Waals surface area contributed by atoms with Crippen molar-refractivity contribution in [2.45, 2.75) is 18.6 Å². The Morgan fingerprint density at radius 2 is 2.24 bits per heavy atom. The number of carbonyl (C=O) groups excluding carboxylic acids is 2. The fourth-order valence-corrected chi connectivity index (χ4v) is 2.84. The molecule has 3 amide bonds. The standard InChI is InChI=1S/C15H19N3O3/c1-18(14(19)12-8-16-15(20)17-12)9-13-11-5-3-2-4-10(11)6-7-21-13/h2-5,12-13H,6-9H2,1H3,(H2,16,17,20)/t12-,13+/m1/s1. The van der Waals surface area contributed by atoms with Crippen LogP contribution in [-0.4, -0.2) is 49.6 Å². The molecule has 0 saturated carbocycles. The number of carbonyl (C=O) groups is 2. The second-order valence-corrected chi connectivity index (χ2v) is 5.43. The lowest BCUT2D eigenvalue weighted by atomic mass is 9.97. The number of urea groups is 1. The molecule has 1 fully saturated rings. The highest BCUT2D eigenvalue weighted by atomic mass is 16.5. The molecule has 2 N–H and O–H groups in total. The fourth-order valence-electron chi connectivity index (χ4n) is 2.84. The molecule has 0 spiro atoms. The zero-order valence-corrected chi connectivity index (χ0v) is 12.0. The van der Waals surface area contributed by atoms with Crippen LogP contribution in [0, 0.1) is 0 Å². The Morgan fingerprint density at radius 3 is 3.00 bits per heavy atom. The molecule has 3 rings (SSSR count). The smallest absolute Gasteiger partial charge is 0.315 e. The molecular formula is C15H19N3O3. The van der Waals surface area contributed by atoms with Gasteiger partial charge < -0.3 is 20.3 Å². The van der Waals surface area contributed by atoms with Crippen molar-refractivity contribution in [2.75, 3.05) is 26.7 Å². The summed E-state index contributed by atoms with van der Waals surface area (Å²) in [4.78, 5) is 25.0. The fraction of sp³-hybridized carbons (Fsp3) is 0.467. The Morgan fingerprint density at radius 1 is 1.43 bits per heavy atom. The second kappa shape index (κ2) is 5.73. The monoisotopic (exact) mass is 289 g/mol. The Hall–Kier alpha value is -2.08. The number of likely N-dealkylation sites (N-methyl/N-ethyl adjacent to an activating group) is 1. The highest BCUT2D eigenvalue weighted by molar-refractivity contribution is 5.90. The van der Waals surface area contributed by atoms with E-state index >= 15 is 0 Å². The number of nitrogens with zero attached hydrogens (tertiary/aromatic N) is 1. The summed E-state index contributed by atoms with van der Waals surface area (Å²) in [6, 6.07) is 7.39. The molecule has 0 radical (unpaired) electrons. The third kappa shape index (κ3) is 2.85. The van der Waals surface area contributed by atoms with Crippen LogP contribution in [0.5, 0.6) is 0 Å². The largest absolute Gasteiger partial charge is 0.371 e. The highest BCUT2D eigenvalue weighted by Crippen LogP contribution is 2.27. The van der Waals surface area contributed by atoms with Crippen molar-refractivity contribution in [3.63, 3.8) is 0 Å². The van der Waals surface area contributed by atoms with E-state index < -0.39 is 6.04 Å². The van der Waals surface area contributed by atoms with E-state index in [1.165, 1.54) is 5.56 Å². The summed E-state index contributed by atoms with van der Waals surface area (Å²) in [5, 5.41) is 5.20. The van der Waals surface area contributed by atoms with Gasteiger partial charge in [-0.3, -0.25) is 4.79 Å². The molecule has 0 bridgehead atoms. The molecule has 1 aromatic rings. The summed E-state index contributed by atoms with van der Waals surface area (Å²) in [7, 11) is 1.74. The van der Waals surface area contributed by atoms with Crippen molar-refractivity contribution in [1.82, 2.24) is 15.5 Å². The number of hydrogen-bond acceptors (Lipinski definition) is 3. The minimum Gasteiger partial charge on any atom is -0.371 e. The first-order chi connectivity index (χ1) is 10.1. The maximum atomic E-state index is 12.3. The summed E-state index contributed by atoms with van der Waals surface area (Å²) in [5.41, 5.74) is 2.43. The predicted molar refractivity (Wildman–Crippen MR) is 76.8 cm³/mol. The van der Waals surface area contributed by atoms with Crippen molar-refractivity contribution < 1.29 is 14.3 Å². The van der Waals surface area contributed by atoms with Gasteiger partial charge in [-0.25, -0.2) is 4.79 Å². The molecule has 6 nitrogen and oxygen atoms in total. The number of nitrogens with one attached hydrogen (secondary N) is 2. The van der Waals surface area contributed by atoms with Crippen molar-refractivity contribution in [1.29, 1.82) is 0 Å². The normalized spacial score (nSPS) is 24.0. The molecule has 0 unspecified atom stereocenters. The van der Waals surface area contributed by atoms with E-state index in [0.29, 0.717) is 19.7 Å². The number of benzene rings is 1. The Kier molecular flexibility index (Phi) is 3.79. The van der Waals surface area contributed by atoms with Gasteiger partial charge in [-0.1, -0.05) is 24.3 Å². The Balaban J connectivity index is 1.67. The molecule has 0 aromatic heterocycles. The number of rotatable bonds is 3. The summed E-state index contributed by atoms with van der Waals surface area (Å²) >= 11 is 0. The minimum atomic E-state index is -0.485. The molecular weight excluding hydrogens is 270 g/mol. The number of fused-ring (bicyclic) bond motifs is 1. The van der Waals surface area contributed by atoms with Crippen molar-refractivity contribution in [3.8, 4) is 0 Å². The molecule has 2 atom stereocenters. The lowest BCUT2D eigenvalue weighted by Gasteiger charge is -2.30. The molecule has 112 valence electrons. The van der Waals surface area contributed by atoms with Gasteiger partial charge in [0, 0.05) is 13.6 Å². The molecule has 6 heteroatoms. The van der Waals surface area contributed by atoms with Crippen LogP contribution >= 0.6 is 0 Å². The molecule has 21 heavy (non-hydrogen) atoms. The predicted octanol–water partition coefficient (Wildman–Crippen LogP) is 0.440. The maximum absolute atomic E-state index is 12.3. The van der Waals surface area contributed by atoms with Gasteiger partial charge in [0.2, 0.25) is 5.91 Å². The van der Waals surface area contributed by atoms with Crippen LogP contribution in [0.1, 0.15) is 17.2 Å². The van der Waals surface area contributed by atoms with E-state index in [9.17, 15) is 9.59 Å². The summed E-state index contributed by atoms with van der Waals surface area (Å²) < 4.78 is 5.81. The highest BCUT2D eigenvalue weighted by Gasteiger charge is 2.31. The van der Waals surface area contributed by atoms with Gasteiger partial charge in [-0.2, -0.15) is 0 Å². The Labute approximate surface area is 123 Å². The average Bonchev–Trinajstić information content (AvgIpc) is 2.93. The van der Waals surface area contributed by atoms with Crippen LogP contribution in [0.25, 0.3) is 0 Å². The first-order valence-corrected chi connectivity index (χ1v) is 7.14. The van der Waals surface area contributed by atoms with Crippen LogP contribution in [0.15, 0.2) is 24.3 Å².